The Morgan fingerprint density at radius 3 is 2.65 bits per heavy atom. The lowest BCUT2D eigenvalue weighted by atomic mass is 10.2. The SMILES string of the molecule is Cc1cc(CN)nc(OCc2ccccc2)n1. The Morgan fingerprint density at radius 1 is 1.18 bits per heavy atom. The molecule has 88 valence electrons. The summed E-state index contributed by atoms with van der Waals surface area (Å²) in [5.41, 5.74) is 8.30. The van der Waals surface area contributed by atoms with Gasteiger partial charge >= 0.3 is 6.01 Å². The maximum Gasteiger partial charge on any atom is 0.317 e. The van der Waals surface area contributed by atoms with Crippen molar-refractivity contribution >= 4 is 0 Å². The van der Waals surface area contributed by atoms with Crippen LogP contribution in [0.5, 0.6) is 6.01 Å². The average Bonchev–Trinajstić information content (AvgIpc) is 2.37. The van der Waals surface area contributed by atoms with Gasteiger partial charge in [-0.05, 0) is 18.6 Å². The van der Waals surface area contributed by atoms with E-state index in [4.69, 9.17) is 10.5 Å². The number of benzene rings is 1. The summed E-state index contributed by atoms with van der Waals surface area (Å²) in [7, 11) is 0. The first-order valence-electron chi connectivity index (χ1n) is 5.49. The molecule has 1 aromatic carbocycles. The minimum atomic E-state index is 0.384. The molecule has 0 radical (unpaired) electrons. The summed E-state index contributed by atoms with van der Waals surface area (Å²) in [4.78, 5) is 8.42. The van der Waals surface area contributed by atoms with Crippen LogP contribution in [-0.2, 0) is 13.2 Å². The van der Waals surface area contributed by atoms with Crippen LogP contribution in [-0.4, -0.2) is 9.97 Å². The van der Waals surface area contributed by atoms with Crippen LogP contribution in [0.25, 0.3) is 0 Å². The third-order valence-corrected chi connectivity index (χ3v) is 2.31. The van der Waals surface area contributed by atoms with Crippen molar-refractivity contribution in [2.75, 3.05) is 0 Å². The Morgan fingerprint density at radius 2 is 1.94 bits per heavy atom. The summed E-state index contributed by atoms with van der Waals surface area (Å²) in [5, 5.41) is 0. The van der Waals surface area contributed by atoms with Gasteiger partial charge < -0.3 is 10.5 Å². The minimum absolute atomic E-state index is 0.384. The lowest BCUT2D eigenvalue weighted by Gasteiger charge is -2.06. The van der Waals surface area contributed by atoms with Gasteiger partial charge in [0, 0.05) is 12.2 Å². The standard InChI is InChI=1S/C13H15N3O/c1-10-7-12(8-14)16-13(15-10)17-9-11-5-3-2-4-6-11/h2-7H,8-9,14H2,1H3. The van der Waals surface area contributed by atoms with Gasteiger partial charge in [0.15, 0.2) is 0 Å². The summed E-state index contributed by atoms with van der Waals surface area (Å²) >= 11 is 0. The van der Waals surface area contributed by atoms with Gasteiger partial charge in [0.25, 0.3) is 0 Å². The molecule has 2 aromatic rings. The number of aryl methyl sites for hydroxylation is 1. The van der Waals surface area contributed by atoms with Crippen molar-refractivity contribution in [1.82, 2.24) is 9.97 Å². The van der Waals surface area contributed by atoms with E-state index in [0.29, 0.717) is 19.2 Å². The molecular formula is C13H15N3O. The smallest absolute Gasteiger partial charge is 0.317 e. The van der Waals surface area contributed by atoms with Crippen LogP contribution in [0.4, 0.5) is 0 Å². The van der Waals surface area contributed by atoms with Crippen LogP contribution < -0.4 is 10.5 Å². The maximum absolute atomic E-state index is 5.55. The number of nitrogens with two attached hydrogens (primary N) is 1. The van der Waals surface area contributed by atoms with E-state index in [2.05, 4.69) is 9.97 Å². The molecule has 2 N–H and O–H groups in total. The number of hydrogen-bond acceptors (Lipinski definition) is 4. The Bertz CT molecular complexity index is 485. The Kier molecular flexibility index (Phi) is 3.67. The van der Waals surface area contributed by atoms with Crippen LogP contribution in [0.15, 0.2) is 36.4 Å². The topological polar surface area (TPSA) is 61.0 Å². The second-order valence-electron chi connectivity index (χ2n) is 3.76. The zero-order valence-corrected chi connectivity index (χ0v) is 9.76. The molecule has 0 aliphatic carbocycles. The van der Waals surface area contributed by atoms with E-state index in [1.54, 1.807) is 0 Å². The number of hydrogen-bond donors (Lipinski definition) is 1. The fourth-order valence-electron chi connectivity index (χ4n) is 1.50. The molecule has 0 aliphatic heterocycles. The van der Waals surface area contributed by atoms with E-state index in [1.165, 1.54) is 0 Å². The first-order chi connectivity index (χ1) is 8.28. The average molecular weight is 229 g/mol. The van der Waals surface area contributed by atoms with Crippen LogP contribution in [0.1, 0.15) is 17.0 Å². The normalized spacial score (nSPS) is 10.2. The number of ether oxygens (including phenoxy) is 1. The van der Waals surface area contributed by atoms with E-state index in [9.17, 15) is 0 Å². The molecule has 1 aromatic heterocycles. The maximum atomic E-state index is 5.55. The van der Waals surface area contributed by atoms with Crippen molar-refractivity contribution < 1.29 is 4.74 Å². The van der Waals surface area contributed by atoms with E-state index >= 15 is 0 Å². The molecule has 0 unspecified atom stereocenters. The molecule has 2 rings (SSSR count). The second-order valence-corrected chi connectivity index (χ2v) is 3.76. The van der Waals surface area contributed by atoms with Gasteiger partial charge in [-0.25, -0.2) is 4.98 Å². The van der Waals surface area contributed by atoms with Crippen LogP contribution >= 0.6 is 0 Å². The predicted molar refractivity (Wildman–Crippen MR) is 65.4 cm³/mol. The van der Waals surface area contributed by atoms with Crippen molar-refractivity contribution in [3.05, 3.63) is 53.3 Å². The summed E-state index contributed by atoms with van der Waals surface area (Å²) < 4.78 is 5.54. The number of aromatic nitrogens is 2. The monoisotopic (exact) mass is 229 g/mol. The molecule has 0 spiro atoms. The molecule has 4 heteroatoms. The van der Waals surface area contributed by atoms with Crippen molar-refractivity contribution in [1.29, 1.82) is 0 Å². The van der Waals surface area contributed by atoms with Crippen molar-refractivity contribution in [2.45, 2.75) is 20.1 Å². The summed E-state index contributed by atoms with van der Waals surface area (Å²) in [6.07, 6.45) is 0. The molecular weight excluding hydrogens is 214 g/mol. The minimum Gasteiger partial charge on any atom is -0.459 e. The molecule has 0 saturated carbocycles. The molecule has 0 saturated heterocycles. The third kappa shape index (κ3) is 3.26. The molecule has 0 amide bonds. The third-order valence-electron chi connectivity index (χ3n) is 2.31. The van der Waals surface area contributed by atoms with Gasteiger partial charge in [-0.2, -0.15) is 4.98 Å². The summed E-state index contributed by atoms with van der Waals surface area (Å²) in [6.45, 7) is 2.76. The summed E-state index contributed by atoms with van der Waals surface area (Å²) in [5.74, 6) is 0. The lowest BCUT2D eigenvalue weighted by molar-refractivity contribution is 0.279. The van der Waals surface area contributed by atoms with Crippen molar-refractivity contribution in [3.63, 3.8) is 0 Å². The first kappa shape index (κ1) is 11.5. The van der Waals surface area contributed by atoms with Gasteiger partial charge in [-0.3, -0.25) is 0 Å². The highest BCUT2D eigenvalue weighted by atomic mass is 16.5. The molecule has 17 heavy (non-hydrogen) atoms. The fourth-order valence-corrected chi connectivity index (χ4v) is 1.50. The molecule has 0 fully saturated rings. The van der Waals surface area contributed by atoms with Gasteiger partial charge in [0.2, 0.25) is 0 Å². The van der Waals surface area contributed by atoms with E-state index in [1.807, 2.05) is 43.3 Å². The molecule has 0 bridgehead atoms. The van der Waals surface area contributed by atoms with Gasteiger partial charge in [-0.15, -0.1) is 0 Å². The number of nitrogens with zero attached hydrogens (tertiary/aromatic N) is 2. The van der Waals surface area contributed by atoms with Crippen LogP contribution in [0.2, 0.25) is 0 Å². The Balaban J connectivity index is 2.06. The molecule has 0 aliphatic rings. The van der Waals surface area contributed by atoms with E-state index < -0.39 is 0 Å². The highest BCUT2D eigenvalue weighted by molar-refractivity contribution is 5.15. The van der Waals surface area contributed by atoms with Crippen molar-refractivity contribution in [3.8, 4) is 6.01 Å². The van der Waals surface area contributed by atoms with Crippen molar-refractivity contribution in [2.24, 2.45) is 5.73 Å². The fraction of sp³-hybridized carbons (Fsp3) is 0.231. The summed E-state index contributed by atoms with van der Waals surface area (Å²) in [6, 6.07) is 12.2. The highest BCUT2D eigenvalue weighted by Gasteiger charge is 2.02. The van der Waals surface area contributed by atoms with Crippen LogP contribution in [0.3, 0.4) is 0 Å². The predicted octanol–water partition coefficient (Wildman–Crippen LogP) is 1.82. The van der Waals surface area contributed by atoms with Gasteiger partial charge in [-0.1, -0.05) is 30.3 Å². The second kappa shape index (κ2) is 5.41. The Hall–Kier alpha value is -1.94. The van der Waals surface area contributed by atoms with Gasteiger partial charge in [0.05, 0.1) is 5.69 Å². The quantitative estimate of drug-likeness (QED) is 0.868. The van der Waals surface area contributed by atoms with Crippen LogP contribution in [0, 0.1) is 6.92 Å². The largest absolute Gasteiger partial charge is 0.459 e. The van der Waals surface area contributed by atoms with E-state index in [-0.39, 0.29) is 0 Å². The first-order valence-corrected chi connectivity index (χ1v) is 5.49. The molecule has 0 atom stereocenters. The highest BCUT2D eigenvalue weighted by Crippen LogP contribution is 2.09. The number of rotatable bonds is 4. The lowest BCUT2D eigenvalue weighted by Crippen LogP contribution is -2.05. The van der Waals surface area contributed by atoms with Gasteiger partial charge in [0.1, 0.15) is 6.61 Å². The molecule has 4 nitrogen and oxygen atoms in total. The van der Waals surface area contributed by atoms with E-state index in [0.717, 1.165) is 17.0 Å². The zero-order chi connectivity index (χ0) is 12.1. The zero-order valence-electron chi connectivity index (χ0n) is 9.76. The Labute approximate surface area is 100 Å². The molecule has 1 heterocycles.